The number of nitrogens with one attached hydrogen (secondary N) is 1. The number of nitrogens with zero attached hydrogens (tertiary/aromatic N) is 2. The quantitative estimate of drug-likeness (QED) is 0.756. The first-order valence-electron chi connectivity index (χ1n) is 11.4. The molecule has 3 fully saturated rings. The second kappa shape index (κ2) is 8.86. The molecular formula is C25H27N3O5. The predicted octanol–water partition coefficient (Wildman–Crippen LogP) is 3.43. The number of imide groups is 1. The molecule has 4 amide bonds. The van der Waals surface area contributed by atoms with E-state index >= 15 is 0 Å². The summed E-state index contributed by atoms with van der Waals surface area (Å²) in [5.41, 5.74) is 1.05. The van der Waals surface area contributed by atoms with Crippen LogP contribution in [0.25, 0.3) is 0 Å². The molecule has 8 nitrogen and oxygen atoms in total. The fourth-order valence-corrected chi connectivity index (χ4v) is 5.30. The summed E-state index contributed by atoms with van der Waals surface area (Å²) in [5.74, 6) is -0.0109. The van der Waals surface area contributed by atoms with Crippen molar-refractivity contribution >= 4 is 29.2 Å². The van der Waals surface area contributed by atoms with Gasteiger partial charge in [0.05, 0.1) is 24.9 Å². The van der Waals surface area contributed by atoms with Gasteiger partial charge in [0, 0.05) is 17.7 Å². The maximum Gasteiger partial charge on any atom is 0.332 e. The summed E-state index contributed by atoms with van der Waals surface area (Å²) in [6.45, 7) is -0.166. The van der Waals surface area contributed by atoms with Crippen molar-refractivity contribution in [2.75, 3.05) is 23.9 Å². The van der Waals surface area contributed by atoms with E-state index in [0.717, 1.165) is 30.6 Å². The van der Waals surface area contributed by atoms with Crippen molar-refractivity contribution in [1.29, 1.82) is 0 Å². The largest absolute Gasteiger partial charge is 0.497 e. The van der Waals surface area contributed by atoms with E-state index in [9.17, 15) is 14.4 Å². The Labute approximate surface area is 192 Å². The highest BCUT2D eigenvalue weighted by Gasteiger charge is 2.58. The van der Waals surface area contributed by atoms with Crippen LogP contribution in [-0.2, 0) is 14.3 Å². The molecule has 2 aliphatic heterocycles. The van der Waals surface area contributed by atoms with Gasteiger partial charge in [0.25, 0.3) is 5.91 Å². The lowest BCUT2D eigenvalue weighted by molar-refractivity contribution is -0.133. The van der Waals surface area contributed by atoms with E-state index in [4.69, 9.17) is 9.47 Å². The molecule has 2 heterocycles. The summed E-state index contributed by atoms with van der Waals surface area (Å²) >= 11 is 0. The van der Waals surface area contributed by atoms with Crippen LogP contribution in [-0.4, -0.2) is 54.6 Å². The average molecular weight is 450 g/mol. The molecule has 4 unspecified atom stereocenters. The Bertz CT molecular complexity index is 1060. The first kappa shape index (κ1) is 21.5. The van der Waals surface area contributed by atoms with Gasteiger partial charge in [0.15, 0.2) is 6.10 Å². The first-order valence-corrected chi connectivity index (χ1v) is 11.4. The van der Waals surface area contributed by atoms with Gasteiger partial charge in [0.1, 0.15) is 12.3 Å². The molecule has 33 heavy (non-hydrogen) atoms. The summed E-state index contributed by atoms with van der Waals surface area (Å²) < 4.78 is 11.4. The van der Waals surface area contributed by atoms with Crippen molar-refractivity contribution in [2.24, 2.45) is 5.92 Å². The lowest BCUT2D eigenvalue weighted by Crippen LogP contribution is -2.65. The van der Waals surface area contributed by atoms with E-state index < -0.39 is 18.2 Å². The van der Waals surface area contributed by atoms with Gasteiger partial charge in [0.2, 0.25) is 5.91 Å². The summed E-state index contributed by atoms with van der Waals surface area (Å²) in [6.07, 6.45) is 3.00. The van der Waals surface area contributed by atoms with E-state index in [1.54, 1.807) is 55.6 Å². The number of hydrogen-bond donors (Lipinski definition) is 1. The number of fused-ring (bicyclic) bond motifs is 3. The zero-order chi connectivity index (χ0) is 22.9. The highest BCUT2D eigenvalue weighted by Crippen LogP contribution is 2.43. The molecular weight excluding hydrogens is 422 g/mol. The van der Waals surface area contributed by atoms with Crippen molar-refractivity contribution in [3.05, 3.63) is 54.6 Å². The van der Waals surface area contributed by atoms with Gasteiger partial charge in [-0.05, 0) is 37.1 Å². The Morgan fingerprint density at radius 1 is 1.09 bits per heavy atom. The Morgan fingerprint density at radius 2 is 1.88 bits per heavy atom. The Morgan fingerprint density at radius 3 is 2.67 bits per heavy atom. The lowest BCUT2D eigenvalue weighted by Gasteiger charge is -2.42. The highest BCUT2D eigenvalue weighted by molar-refractivity contribution is 6.18. The van der Waals surface area contributed by atoms with Crippen molar-refractivity contribution < 1.29 is 23.9 Å². The van der Waals surface area contributed by atoms with Crippen LogP contribution in [0, 0.1) is 5.92 Å². The van der Waals surface area contributed by atoms with Gasteiger partial charge in [-0.25, -0.2) is 9.69 Å². The third-order valence-electron chi connectivity index (χ3n) is 6.77. The van der Waals surface area contributed by atoms with Gasteiger partial charge in [-0.3, -0.25) is 9.59 Å². The number of amides is 4. The minimum Gasteiger partial charge on any atom is -0.497 e. The van der Waals surface area contributed by atoms with Gasteiger partial charge in [-0.2, -0.15) is 0 Å². The van der Waals surface area contributed by atoms with E-state index in [2.05, 4.69) is 5.32 Å². The molecule has 1 aliphatic carbocycles. The number of carbonyl (C=O) groups excluding carboxylic acids is 3. The number of anilines is 2. The van der Waals surface area contributed by atoms with Crippen molar-refractivity contribution in [1.82, 2.24) is 4.90 Å². The first-order chi connectivity index (χ1) is 16.1. The van der Waals surface area contributed by atoms with E-state index in [0.29, 0.717) is 17.1 Å². The molecule has 0 radical (unpaired) electrons. The van der Waals surface area contributed by atoms with Crippen LogP contribution in [0.1, 0.15) is 25.7 Å². The molecule has 0 spiro atoms. The van der Waals surface area contributed by atoms with E-state index in [1.165, 1.54) is 4.90 Å². The third-order valence-corrected chi connectivity index (χ3v) is 6.77. The van der Waals surface area contributed by atoms with Crippen LogP contribution in [0.2, 0.25) is 0 Å². The fourth-order valence-electron chi connectivity index (χ4n) is 5.30. The number of methoxy groups -OCH3 is 1. The summed E-state index contributed by atoms with van der Waals surface area (Å²) in [7, 11) is 1.56. The SMILES string of the molecule is COc1cccc(NC(=O)CN2C(=O)N(c3ccccc3)C(=O)C3OC4CCCCC4C32)c1. The summed E-state index contributed by atoms with van der Waals surface area (Å²) in [6, 6.07) is 14.9. The molecule has 2 aromatic rings. The topological polar surface area (TPSA) is 88.2 Å². The third kappa shape index (κ3) is 3.95. The number of benzene rings is 2. The van der Waals surface area contributed by atoms with Gasteiger partial charge < -0.3 is 19.7 Å². The maximum atomic E-state index is 13.6. The molecule has 1 N–H and O–H groups in total. The molecule has 0 aromatic heterocycles. The normalized spacial score (nSPS) is 26.6. The van der Waals surface area contributed by atoms with Crippen molar-refractivity contribution in [3.8, 4) is 5.75 Å². The standard InChI is InChI=1S/C25H27N3O5/c1-32-18-11-7-8-16(14-18)26-21(29)15-27-22-19-12-5-6-13-20(19)33-23(22)24(30)28(25(27)31)17-9-3-2-4-10-17/h2-4,7-11,14,19-20,22-23H,5-6,12-13,15H2,1H3,(H,26,29). The minimum atomic E-state index is -0.763. The van der Waals surface area contributed by atoms with Crippen molar-refractivity contribution in [3.63, 3.8) is 0 Å². The Balaban J connectivity index is 1.44. The zero-order valence-electron chi connectivity index (χ0n) is 18.5. The van der Waals surface area contributed by atoms with Gasteiger partial charge >= 0.3 is 6.03 Å². The highest BCUT2D eigenvalue weighted by atomic mass is 16.5. The number of ether oxygens (including phenoxy) is 2. The molecule has 1 saturated carbocycles. The molecule has 172 valence electrons. The summed E-state index contributed by atoms with van der Waals surface area (Å²) in [5, 5.41) is 2.85. The zero-order valence-corrected chi connectivity index (χ0v) is 18.5. The summed E-state index contributed by atoms with van der Waals surface area (Å²) in [4.78, 5) is 42.7. The van der Waals surface area contributed by atoms with E-state index in [1.807, 2.05) is 6.07 Å². The molecule has 5 rings (SSSR count). The number of para-hydroxylation sites is 1. The van der Waals surface area contributed by atoms with Crippen LogP contribution in [0.4, 0.5) is 16.2 Å². The number of urea groups is 1. The fraction of sp³-hybridized carbons (Fsp3) is 0.400. The van der Waals surface area contributed by atoms with Crippen molar-refractivity contribution in [2.45, 2.75) is 43.9 Å². The van der Waals surface area contributed by atoms with Crippen LogP contribution < -0.4 is 15.0 Å². The molecule has 4 atom stereocenters. The van der Waals surface area contributed by atoms with Crippen LogP contribution in [0.15, 0.2) is 54.6 Å². The Hall–Kier alpha value is -3.39. The molecule has 0 bridgehead atoms. The number of carbonyl (C=O) groups is 3. The van der Waals surface area contributed by atoms with Gasteiger partial charge in [-0.15, -0.1) is 0 Å². The molecule has 2 saturated heterocycles. The second-order valence-electron chi connectivity index (χ2n) is 8.73. The van der Waals surface area contributed by atoms with Crippen LogP contribution in [0.5, 0.6) is 5.75 Å². The maximum absolute atomic E-state index is 13.6. The molecule has 3 aliphatic rings. The average Bonchev–Trinajstić information content (AvgIpc) is 3.23. The van der Waals surface area contributed by atoms with Crippen LogP contribution >= 0.6 is 0 Å². The smallest absolute Gasteiger partial charge is 0.332 e. The predicted molar refractivity (Wildman–Crippen MR) is 122 cm³/mol. The second-order valence-corrected chi connectivity index (χ2v) is 8.73. The monoisotopic (exact) mass is 449 g/mol. The minimum absolute atomic E-state index is 0.0548. The molecule has 2 aromatic carbocycles. The van der Waals surface area contributed by atoms with Gasteiger partial charge in [-0.1, -0.05) is 37.1 Å². The Kier molecular flexibility index (Phi) is 5.76. The number of rotatable bonds is 5. The van der Waals surface area contributed by atoms with Crippen LogP contribution in [0.3, 0.4) is 0 Å². The molecule has 8 heteroatoms. The number of hydrogen-bond acceptors (Lipinski definition) is 5. The lowest BCUT2D eigenvalue weighted by atomic mass is 9.81. The van der Waals surface area contributed by atoms with E-state index in [-0.39, 0.29) is 30.4 Å².